The smallest absolute Gasteiger partial charge is 0.0589 e. The van der Waals surface area contributed by atoms with Gasteiger partial charge in [-0.05, 0) is 44.6 Å². The molecule has 0 fully saturated rings. The number of hydrogen-bond acceptors (Lipinski definition) is 3. The third-order valence-corrected chi connectivity index (χ3v) is 3.15. The molecule has 0 unspecified atom stereocenters. The highest BCUT2D eigenvalue weighted by atomic mass is 16.5. The molecule has 1 N–H and O–H groups in total. The summed E-state index contributed by atoms with van der Waals surface area (Å²) < 4.78 is 5.05. The number of hydrogen-bond donors (Lipinski definition) is 1. The van der Waals surface area contributed by atoms with Crippen LogP contribution in [0.15, 0.2) is 24.3 Å². The molecule has 1 rings (SSSR count). The Labute approximate surface area is 111 Å². The maximum atomic E-state index is 5.05. The van der Waals surface area contributed by atoms with E-state index in [1.54, 1.807) is 7.11 Å². The highest BCUT2D eigenvalue weighted by Gasteiger charge is 1.98. The fraction of sp³-hybridized carbons (Fsp3) is 0.600. The predicted molar refractivity (Wildman–Crippen MR) is 76.9 cm³/mol. The number of benzene rings is 1. The van der Waals surface area contributed by atoms with Gasteiger partial charge in [0.25, 0.3) is 0 Å². The van der Waals surface area contributed by atoms with Gasteiger partial charge in [-0.1, -0.05) is 24.3 Å². The molecule has 0 heterocycles. The minimum Gasteiger partial charge on any atom is -0.383 e. The molecule has 0 aliphatic carbocycles. The summed E-state index contributed by atoms with van der Waals surface area (Å²) in [5.41, 5.74) is 2.76. The van der Waals surface area contributed by atoms with E-state index in [1.807, 2.05) is 0 Å². The maximum Gasteiger partial charge on any atom is 0.0589 e. The first-order valence-electron chi connectivity index (χ1n) is 6.66. The van der Waals surface area contributed by atoms with Crippen LogP contribution < -0.4 is 5.32 Å². The molecular weight excluding hydrogens is 224 g/mol. The van der Waals surface area contributed by atoms with Crippen molar-refractivity contribution in [2.24, 2.45) is 0 Å². The van der Waals surface area contributed by atoms with Crippen LogP contribution in [0.3, 0.4) is 0 Å². The normalized spacial score (nSPS) is 11.1. The van der Waals surface area contributed by atoms with Crippen LogP contribution in [0.25, 0.3) is 0 Å². The summed E-state index contributed by atoms with van der Waals surface area (Å²) in [7, 11) is 3.89. The van der Waals surface area contributed by atoms with Crippen molar-refractivity contribution in [2.45, 2.75) is 19.9 Å². The molecule has 0 bridgehead atoms. The van der Waals surface area contributed by atoms with Crippen molar-refractivity contribution in [1.29, 1.82) is 0 Å². The lowest BCUT2D eigenvalue weighted by Crippen LogP contribution is -2.26. The van der Waals surface area contributed by atoms with E-state index in [0.29, 0.717) is 0 Å². The average molecular weight is 250 g/mol. The van der Waals surface area contributed by atoms with Crippen LogP contribution in [0.4, 0.5) is 0 Å². The zero-order valence-electron chi connectivity index (χ0n) is 11.9. The first-order chi connectivity index (χ1) is 8.74. The van der Waals surface area contributed by atoms with Gasteiger partial charge in [0, 0.05) is 20.2 Å². The molecule has 3 heteroatoms. The number of nitrogens with one attached hydrogen (secondary N) is 1. The fourth-order valence-corrected chi connectivity index (χ4v) is 1.86. The Kier molecular flexibility index (Phi) is 7.65. The first kappa shape index (κ1) is 15.2. The first-order valence-corrected chi connectivity index (χ1v) is 6.66. The van der Waals surface area contributed by atoms with Crippen LogP contribution in [0.2, 0.25) is 0 Å². The number of rotatable bonds is 9. The zero-order chi connectivity index (χ0) is 13.2. The van der Waals surface area contributed by atoms with Gasteiger partial charge in [-0.15, -0.1) is 0 Å². The lowest BCUT2D eigenvalue weighted by molar-refractivity contribution is 0.160. The van der Waals surface area contributed by atoms with Crippen LogP contribution in [-0.4, -0.2) is 45.3 Å². The third-order valence-electron chi connectivity index (χ3n) is 3.15. The lowest BCUT2D eigenvalue weighted by Gasteiger charge is -2.16. The summed E-state index contributed by atoms with van der Waals surface area (Å²) in [5, 5.41) is 3.50. The Morgan fingerprint density at radius 2 is 2.00 bits per heavy atom. The van der Waals surface area contributed by atoms with Gasteiger partial charge in [-0.2, -0.15) is 0 Å². The summed E-state index contributed by atoms with van der Waals surface area (Å²) in [6, 6.07) is 8.54. The van der Waals surface area contributed by atoms with Crippen LogP contribution in [-0.2, 0) is 11.3 Å². The monoisotopic (exact) mass is 250 g/mol. The molecule has 18 heavy (non-hydrogen) atoms. The molecule has 0 saturated carbocycles. The van der Waals surface area contributed by atoms with Crippen LogP contribution in [0.5, 0.6) is 0 Å². The summed E-state index contributed by atoms with van der Waals surface area (Å²) in [5.74, 6) is 0. The van der Waals surface area contributed by atoms with Crippen molar-refractivity contribution >= 4 is 0 Å². The molecule has 1 aromatic carbocycles. The standard InChI is InChI=1S/C15H26N2O/c1-14-7-4-5-8-15(14)13-16-9-6-10-17(2)11-12-18-3/h4-5,7-8,16H,6,9-13H2,1-3H3. The summed E-state index contributed by atoms with van der Waals surface area (Å²) in [6.07, 6.45) is 1.17. The van der Waals surface area contributed by atoms with Crippen LogP contribution >= 0.6 is 0 Å². The van der Waals surface area contributed by atoms with E-state index in [1.165, 1.54) is 17.5 Å². The Morgan fingerprint density at radius 1 is 1.22 bits per heavy atom. The largest absolute Gasteiger partial charge is 0.383 e. The van der Waals surface area contributed by atoms with Crippen molar-refractivity contribution in [3.8, 4) is 0 Å². The van der Waals surface area contributed by atoms with Crippen LogP contribution in [0.1, 0.15) is 17.5 Å². The molecule has 102 valence electrons. The van der Waals surface area contributed by atoms with Gasteiger partial charge in [0.2, 0.25) is 0 Å². The molecule has 3 nitrogen and oxygen atoms in total. The molecular formula is C15H26N2O. The van der Waals surface area contributed by atoms with E-state index < -0.39 is 0 Å². The Morgan fingerprint density at radius 3 is 2.72 bits per heavy atom. The highest BCUT2D eigenvalue weighted by Crippen LogP contribution is 2.05. The summed E-state index contributed by atoms with van der Waals surface area (Å²) in [4.78, 5) is 2.30. The lowest BCUT2D eigenvalue weighted by atomic mass is 10.1. The quantitative estimate of drug-likeness (QED) is 0.679. The molecule has 0 amide bonds. The van der Waals surface area contributed by atoms with E-state index >= 15 is 0 Å². The van der Waals surface area contributed by atoms with Gasteiger partial charge >= 0.3 is 0 Å². The van der Waals surface area contributed by atoms with Crippen molar-refractivity contribution in [3.05, 3.63) is 35.4 Å². The Bertz CT molecular complexity index is 328. The van der Waals surface area contributed by atoms with E-state index in [-0.39, 0.29) is 0 Å². The van der Waals surface area contributed by atoms with Crippen molar-refractivity contribution in [3.63, 3.8) is 0 Å². The van der Waals surface area contributed by atoms with Crippen molar-refractivity contribution < 1.29 is 4.74 Å². The Hall–Kier alpha value is -0.900. The summed E-state index contributed by atoms with van der Waals surface area (Å²) in [6.45, 7) is 7.13. The van der Waals surface area contributed by atoms with Gasteiger partial charge in [-0.3, -0.25) is 0 Å². The van der Waals surface area contributed by atoms with E-state index in [0.717, 1.165) is 32.8 Å². The van der Waals surface area contributed by atoms with Gasteiger partial charge in [0.15, 0.2) is 0 Å². The van der Waals surface area contributed by atoms with Gasteiger partial charge in [0.05, 0.1) is 6.61 Å². The Balaban J connectivity index is 2.07. The number of aryl methyl sites for hydroxylation is 1. The van der Waals surface area contributed by atoms with Gasteiger partial charge < -0.3 is 15.0 Å². The molecule has 0 aromatic heterocycles. The van der Waals surface area contributed by atoms with E-state index in [4.69, 9.17) is 4.74 Å². The fourth-order valence-electron chi connectivity index (χ4n) is 1.86. The SMILES string of the molecule is COCCN(C)CCCNCc1ccccc1C. The second-order valence-corrected chi connectivity index (χ2v) is 4.75. The number of methoxy groups -OCH3 is 1. The molecule has 0 atom stereocenters. The number of nitrogens with zero attached hydrogens (tertiary/aromatic N) is 1. The molecule has 0 aliphatic heterocycles. The molecule has 0 aliphatic rings. The van der Waals surface area contributed by atoms with Crippen LogP contribution in [0, 0.1) is 6.92 Å². The van der Waals surface area contributed by atoms with Crippen molar-refractivity contribution in [2.75, 3.05) is 40.4 Å². The zero-order valence-corrected chi connectivity index (χ0v) is 11.9. The molecule has 0 spiro atoms. The molecule has 0 saturated heterocycles. The minimum atomic E-state index is 0.813. The highest BCUT2D eigenvalue weighted by molar-refractivity contribution is 5.25. The topological polar surface area (TPSA) is 24.5 Å². The molecule has 1 aromatic rings. The summed E-state index contributed by atoms with van der Waals surface area (Å²) >= 11 is 0. The third kappa shape index (κ3) is 6.15. The van der Waals surface area contributed by atoms with Gasteiger partial charge in [0.1, 0.15) is 0 Å². The minimum absolute atomic E-state index is 0.813. The second kappa shape index (κ2) is 9.09. The number of likely N-dealkylation sites (N-methyl/N-ethyl adjacent to an activating group) is 1. The van der Waals surface area contributed by atoms with Gasteiger partial charge in [-0.25, -0.2) is 0 Å². The van der Waals surface area contributed by atoms with E-state index in [9.17, 15) is 0 Å². The van der Waals surface area contributed by atoms with E-state index in [2.05, 4.69) is 48.5 Å². The maximum absolute atomic E-state index is 5.05. The number of ether oxygens (including phenoxy) is 1. The molecule has 0 radical (unpaired) electrons. The average Bonchev–Trinajstić information content (AvgIpc) is 2.38. The van der Waals surface area contributed by atoms with Crippen molar-refractivity contribution in [1.82, 2.24) is 10.2 Å². The predicted octanol–water partition coefficient (Wildman–Crippen LogP) is 2.05. The second-order valence-electron chi connectivity index (χ2n) is 4.75.